The van der Waals surface area contributed by atoms with Gasteiger partial charge in [-0.1, -0.05) is 0 Å². The fourth-order valence-electron chi connectivity index (χ4n) is 1.35. The van der Waals surface area contributed by atoms with Gasteiger partial charge in [-0.3, -0.25) is 0 Å². The molecule has 0 radical (unpaired) electrons. The van der Waals surface area contributed by atoms with E-state index in [9.17, 15) is 13.0 Å². The summed E-state index contributed by atoms with van der Waals surface area (Å²) in [6, 6.07) is 7.70. The Morgan fingerprint density at radius 1 is 1.10 bits per heavy atom. The first-order valence-corrected chi connectivity index (χ1v) is 15.4. The van der Waals surface area contributed by atoms with Crippen molar-refractivity contribution in [1.29, 1.82) is 0 Å². The predicted molar refractivity (Wildman–Crippen MR) is 90.4 cm³/mol. The molecular weight excluding hydrogens is 393 g/mol. The number of nitrogens with one attached hydrogen (secondary N) is 1. The quantitative estimate of drug-likeness (QED) is 0.308. The second-order valence-electron chi connectivity index (χ2n) is 4.06. The molecule has 0 atom stereocenters. The Morgan fingerprint density at radius 2 is 1.62 bits per heavy atom. The number of quaternary nitrogens is 2. The van der Waals surface area contributed by atoms with Crippen LogP contribution in [0, 0.1) is 0 Å². The average molecular weight is 414 g/mol. The van der Waals surface area contributed by atoms with E-state index in [1.165, 1.54) is 4.35 Å². The van der Waals surface area contributed by atoms with E-state index in [4.69, 9.17) is 0 Å². The topological polar surface area (TPSA) is 125 Å². The summed E-state index contributed by atoms with van der Waals surface area (Å²) in [6.45, 7) is 1.84. The molecule has 0 aliphatic heterocycles. The summed E-state index contributed by atoms with van der Waals surface area (Å²) in [7, 11) is -0.266. The zero-order chi connectivity index (χ0) is 15.7. The third-order valence-corrected chi connectivity index (χ3v) is 16.4. The van der Waals surface area contributed by atoms with Crippen LogP contribution in [0.4, 0.5) is 5.69 Å². The number of hydrogen-bond acceptors (Lipinski definition) is 6. The van der Waals surface area contributed by atoms with Crippen molar-refractivity contribution in [3.63, 3.8) is 0 Å². The van der Waals surface area contributed by atoms with Gasteiger partial charge in [-0.15, -0.1) is 0 Å². The second-order valence-corrected chi connectivity index (χ2v) is 17.2. The first-order valence-electron chi connectivity index (χ1n) is 6.38. The molecular formula is C11H21AsN3O3S3+. The standard InChI is InChI=1S/C11H20AsN3O3S3/c13-5-7-19-12(20-8-6-14)10-1-3-11(4-2-10)15-9-21(16,17)18/h1-4,15H,5-9,13-14H2,(H,16,17,18)/p+1. The van der Waals surface area contributed by atoms with E-state index in [1.54, 1.807) is 0 Å². The van der Waals surface area contributed by atoms with Crippen LogP contribution in [0.1, 0.15) is 0 Å². The SMILES string of the molecule is [NH3+]CCS[As](SCC[NH3+])c1ccc(NCS(=O)(=O)[O-])cc1. The Bertz CT molecular complexity index is 505. The molecule has 6 nitrogen and oxygen atoms in total. The third kappa shape index (κ3) is 8.35. The molecule has 0 bridgehead atoms. The summed E-state index contributed by atoms with van der Waals surface area (Å²) >= 11 is -1.23. The molecule has 0 aromatic heterocycles. The van der Waals surface area contributed by atoms with Crippen LogP contribution in [0.25, 0.3) is 0 Å². The number of anilines is 1. The van der Waals surface area contributed by atoms with E-state index in [0.717, 1.165) is 24.6 Å². The average Bonchev–Trinajstić information content (AvgIpc) is 2.45. The summed E-state index contributed by atoms with van der Waals surface area (Å²) in [6.07, 6.45) is 0. The normalized spacial score (nSPS) is 11.8. The third-order valence-electron chi connectivity index (χ3n) is 2.24. The molecule has 1 rings (SSSR count). The number of hydrogen-bond donors (Lipinski definition) is 3. The molecule has 120 valence electrons. The summed E-state index contributed by atoms with van der Waals surface area (Å²) < 4.78 is 33.1. The Kier molecular flexibility index (Phi) is 9.11. The van der Waals surface area contributed by atoms with Crippen LogP contribution in [0.15, 0.2) is 24.3 Å². The van der Waals surface area contributed by atoms with Crippen molar-refractivity contribution in [2.45, 2.75) is 0 Å². The van der Waals surface area contributed by atoms with Crippen molar-refractivity contribution in [1.82, 2.24) is 0 Å². The van der Waals surface area contributed by atoms with Gasteiger partial charge in [-0.05, 0) is 0 Å². The molecule has 7 N–H and O–H groups in total. The van der Waals surface area contributed by atoms with Gasteiger partial charge in [0.1, 0.15) is 0 Å². The molecule has 0 spiro atoms. The van der Waals surface area contributed by atoms with Gasteiger partial charge in [0.05, 0.1) is 0 Å². The molecule has 10 heteroatoms. The van der Waals surface area contributed by atoms with Crippen molar-refractivity contribution >= 4 is 52.5 Å². The molecule has 0 aliphatic rings. The zero-order valence-corrected chi connectivity index (χ0v) is 16.0. The molecule has 0 amide bonds. The van der Waals surface area contributed by atoms with E-state index in [0.29, 0.717) is 5.69 Å². The Morgan fingerprint density at radius 3 is 2.05 bits per heavy atom. The summed E-state index contributed by atoms with van der Waals surface area (Å²) in [4.78, 5) is 0. The van der Waals surface area contributed by atoms with Crippen LogP contribution < -0.4 is 21.1 Å². The molecule has 0 aliphatic carbocycles. The van der Waals surface area contributed by atoms with Gasteiger partial charge in [-0.2, -0.15) is 0 Å². The minimum absolute atomic E-state index is 0.583. The van der Waals surface area contributed by atoms with Crippen LogP contribution in [-0.2, 0) is 10.1 Å². The molecule has 0 saturated heterocycles. The van der Waals surface area contributed by atoms with E-state index in [1.807, 2.05) is 44.3 Å². The summed E-state index contributed by atoms with van der Waals surface area (Å²) in [5, 5.41) is 2.62. The van der Waals surface area contributed by atoms with Gasteiger partial charge in [-0.25, -0.2) is 0 Å². The fourth-order valence-corrected chi connectivity index (χ4v) is 14.3. The van der Waals surface area contributed by atoms with Crippen LogP contribution in [0.3, 0.4) is 0 Å². The van der Waals surface area contributed by atoms with Gasteiger partial charge in [0.15, 0.2) is 0 Å². The van der Waals surface area contributed by atoms with Crippen molar-refractivity contribution in [3.05, 3.63) is 24.3 Å². The van der Waals surface area contributed by atoms with Crippen LogP contribution in [-0.4, -0.2) is 55.8 Å². The first kappa shape index (κ1) is 19.2. The minimum atomic E-state index is -4.25. The van der Waals surface area contributed by atoms with E-state index in [2.05, 4.69) is 16.8 Å². The molecule has 0 saturated carbocycles. The zero-order valence-electron chi connectivity index (χ0n) is 11.7. The van der Waals surface area contributed by atoms with Crippen molar-refractivity contribution in [2.75, 3.05) is 35.8 Å². The Labute approximate surface area is 136 Å². The Balaban J connectivity index is 2.67. The molecule has 21 heavy (non-hydrogen) atoms. The molecule has 0 unspecified atom stereocenters. The van der Waals surface area contributed by atoms with Gasteiger partial charge in [0, 0.05) is 0 Å². The van der Waals surface area contributed by atoms with Crippen molar-refractivity contribution < 1.29 is 24.4 Å². The van der Waals surface area contributed by atoms with E-state index < -0.39 is 28.3 Å². The summed E-state index contributed by atoms with van der Waals surface area (Å²) in [5.41, 5.74) is 8.40. The van der Waals surface area contributed by atoms with Crippen LogP contribution in [0.5, 0.6) is 0 Å². The number of benzene rings is 1. The van der Waals surface area contributed by atoms with Gasteiger partial charge < -0.3 is 0 Å². The number of rotatable bonds is 10. The molecule has 1 aromatic carbocycles. The van der Waals surface area contributed by atoms with Crippen LogP contribution >= 0.6 is 20.0 Å². The predicted octanol–water partition coefficient (Wildman–Crippen LogP) is -1.75. The Hall–Kier alpha value is 0.108. The monoisotopic (exact) mass is 414 g/mol. The molecule has 0 heterocycles. The van der Waals surface area contributed by atoms with E-state index in [-0.39, 0.29) is 0 Å². The summed E-state index contributed by atoms with van der Waals surface area (Å²) in [5.74, 6) is 1.53. The maximum atomic E-state index is 10.6. The molecule has 0 fully saturated rings. The van der Waals surface area contributed by atoms with Gasteiger partial charge in [0.25, 0.3) is 0 Å². The molecule has 1 aromatic rings. The van der Waals surface area contributed by atoms with Crippen LogP contribution in [0.2, 0.25) is 0 Å². The van der Waals surface area contributed by atoms with Gasteiger partial charge >= 0.3 is 137 Å². The van der Waals surface area contributed by atoms with Crippen molar-refractivity contribution in [2.24, 2.45) is 0 Å². The maximum absolute atomic E-state index is 10.6. The van der Waals surface area contributed by atoms with Gasteiger partial charge in [0.2, 0.25) is 0 Å². The first-order chi connectivity index (χ1) is 9.96. The van der Waals surface area contributed by atoms with E-state index >= 15 is 0 Å². The second kappa shape index (κ2) is 9.99. The fraction of sp³-hybridized carbons (Fsp3) is 0.455. The van der Waals surface area contributed by atoms with Crippen molar-refractivity contribution in [3.8, 4) is 0 Å².